The van der Waals surface area contributed by atoms with Crippen LogP contribution in [-0.2, 0) is 21.6 Å². The topological polar surface area (TPSA) is 66.2 Å². The summed E-state index contributed by atoms with van der Waals surface area (Å²) < 4.78 is 12.8. The number of rotatable bonds is 4. The van der Waals surface area contributed by atoms with Crippen molar-refractivity contribution in [3.8, 4) is 0 Å². The number of hydrogen-bond acceptors (Lipinski definition) is 5. The predicted octanol–water partition coefficient (Wildman–Crippen LogP) is 4.39. The van der Waals surface area contributed by atoms with Gasteiger partial charge in [0.2, 0.25) is 5.60 Å². The Morgan fingerprint density at radius 1 is 1.15 bits per heavy atom. The van der Waals surface area contributed by atoms with E-state index in [1.165, 1.54) is 6.33 Å². The van der Waals surface area contributed by atoms with Gasteiger partial charge in [0.15, 0.2) is 6.10 Å². The molecule has 1 aliphatic rings. The van der Waals surface area contributed by atoms with Crippen molar-refractivity contribution in [1.29, 1.82) is 0 Å². The second-order valence-corrected chi connectivity index (χ2v) is 6.71. The maximum Gasteiger partial charge on any atom is 0.510 e. The molecule has 8 heteroatoms. The van der Waals surface area contributed by atoms with Crippen LogP contribution in [-0.4, -0.2) is 20.9 Å². The van der Waals surface area contributed by atoms with E-state index in [9.17, 15) is 4.79 Å². The minimum atomic E-state index is -1.15. The highest BCUT2D eigenvalue weighted by molar-refractivity contribution is 6.35. The van der Waals surface area contributed by atoms with Crippen molar-refractivity contribution in [3.63, 3.8) is 0 Å². The Kier molecular flexibility index (Phi) is 4.30. The van der Waals surface area contributed by atoms with Crippen LogP contribution in [0.2, 0.25) is 10.0 Å². The van der Waals surface area contributed by atoms with Crippen LogP contribution in [0.1, 0.15) is 17.2 Å². The molecule has 0 saturated carbocycles. The van der Waals surface area contributed by atoms with Crippen LogP contribution in [0.25, 0.3) is 0 Å². The first-order valence-corrected chi connectivity index (χ1v) is 8.56. The Morgan fingerprint density at radius 2 is 1.96 bits per heavy atom. The van der Waals surface area contributed by atoms with E-state index in [0.29, 0.717) is 15.6 Å². The molecule has 3 aromatic rings. The zero-order valence-electron chi connectivity index (χ0n) is 13.4. The van der Waals surface area contributed by atoms with Crippen molar-refractivity contribution < 1.29 is 14.3 Å². The fourth-order valence-electron chi connectivity index (χ4n) is 3.14. The Balaban J connectivity index is 1.88. The average Bonchev–Trinajstić information content (AvgIpc) is 3.24. The SMILES string of the molecule is O=C1O[C@H](c2ccc(Cl)cc2Cl)[C@@](Cn2cncn2)(c2ccccc2)O1. The number of benzene rings is 2. The summed E-state index contributed by atoms with van der Waals surface area (Å²) in [6, 6.07) is 14.4. The third-order valence-corrected chi connectivity index (χ3v) is 4.84. The molecule has 0 aliphatic carbocycles. The van der Waals surface area contributed by atoms with Crippen LogP contribution in [0.5, 0.6) is 0 Å². The van der Waals surface area contributed by atoms with Crippen LogP contribution < -0.4 is 0 Å². The highest BCUT2D eigenvalue weighted by Gasteiger charge is 2.54. The van der Waals surface area contributed by atoms with Gasteiger partial charge in [0.05, 0.1) is 6.54 Å². The van der Waals surface area contributed by atoms with Crippen LogP contribution in [0.15, 0.2) is 61.2 Å². The molecule has 0 spiro atoms. The number of ether oxygens (including phenoxy) is 2. The number of cyclic esters (lactones) is 2. The lowest BCUT2D eigenvalue weighted by atomic mass is 9.84. The molecule has 0 N–H and O–H groups in total. The first-order valence-electron chi connectivity index (χ1n) is 7.81. The van der Waals surface area contributed by atoms with Gasteiger partial charge < -0.3 is 9.47 Å². The number of carbonyl (C=O) groups excluding carboxylic acids is 1. The highest BCUT2D eigenvalue weighted by atomic mass is 35.5. The maximum atomic E-state index is 12.2. The van der Waals surface area contributed by atoms with Crippen molar-refractivity contribution in [2.45, 2.75) is 18.2 Å². The minimum Gasteiger partial charge on any atom is -0.421 e. The quantitative estimate of drug-likeness (QED) is 0.619. The largest absolute Gasteiger partial charge is 0.510 e. The fraction of sp³-hybridized carbons (Fsp3) is 0.167. The number of halogens is 2. The summed E-state index contributed by atoms with van der Waals surface area (Å²) in [5.41, 5.74) is 0.215. The number of aromatic nitrogens is 3. The molecule has 0 amide bonds. The summed E-state index contributed by atoms with van der Waals surface area (Å²) >= 11 is 12.4. The van der Waals surface area contributed by atoms with Crippen molar-refractivity contribution in [3.05, 3.63) is 82.4 Å². The summed E-state index contributed by atoms with van der Waals surface area (Å²) in [4.78, 5) is 16.1. The monoisotopic (exact) mass is 389 g/mol. The van der Waals surface area contributed by atoms with Gasteiger partial charge in [0.1, 0.15) is 12.7 Å². The lowest BCUT2D eigenvalue weighted by molar-refractivity contribution is 0.00357. The Morgan fingerprint density at radius 3 is 2.65 bits per heavy atom. The molecule has 1 aliphatic heterocycles. The van der Waals surface area contributed by atoms with E-state index in [4.69, 9.17) is 32.7 Å². The molecule has 1 fully saturated rings. The van der Waals surface area contributed by atoms with Gasteiger partial charge in [-0.05, 0) is 12.1 Å². The van der Waals surface area contributed by atoms with Crippen LogP contribution in [0.3, 0.4) is 0 Å². The molecule has 1 aromatic heterocycles. The Bertz CT molecular complexity index is 934. The molecule has 2 atom stereocenters. The van der Waals surface area contributed by atoms with Gasteiger partial charge >= 0.3 is 6.16 Å². The second kappa shape index (κ2) is 6.63. The summed E-state index contributed by atoms with van der Waals surface area (Å²) in [6.07, 6.45) is 1.43. The van der Waals surface area contributed by atoms with E-state index in [2.05, 4.69) is 10.1 Å². The van der Waals surface area contributed by atoms with Crippen LogP contribution in [0, 0.1) is 0 Å². The molecular weight excluding hydrogens is 377 g/mol. The molecule has 1 saturated heterocycles. The van der Waals surface area contributed by atoms with E-state index < -0.39 is 17.9 Å². The summed E-state index contributed by atoms with van der Waals surface area (Å²) in [5, 5.41) is 5.02. The smallest absolute Gasteiger partial charge is 0.421 e. The van der Waals surface area contributed by atoms with E-state index in [-0.39, 0.29) is 6.54 Å². The molecule has 132 valence electrons. The van der Waals surface area contributed by atoms with Gasteiger partial charge in [-0.1, -0.05) is 59.6 Å². The van der Waals surface area contributed by atoms with Gasteiger partial charge in [-0.2, -0.15) is 5.10 Å². The van der Waals surface area contributed by atoms with Crippen molar-refractivity contribution in [1.82, 2.24) is 14.8 Å². The van der Waals surface area contributed by atoms with Gasteiger partial charge in [0.25, 0.3) is 0 Å². The molecule has 4 rings (SSSR count). The average molecular weight is 390 g/mol. The summed E-state index contributed by atoms with van der Waals surface area (Å²) in [6.45, 7) is 0.215. The number of hydrogen-bond donors (Lipinski definition) is 0. The third kappa shape index (κ3) is 2.91. The lowest BCUT2D eigenvalue weighted by Gasteiger charge is -2.31. The first-order chi connectivity index (χ1) is 12.6. The summed E-state index contributed by atoms with van der Waals surface area (Å²) in [7, 11) is 0. The lowest BCUT2D eigenvalue weighted by Crippen LogP contribution is -2.37. The standard InChI is InChI=1S/C18H13Cl2N3O3/c19-13-6-7-14(15(20)8-13)16-18(26-17(24)25-16,9-23-11-21-10-22-23)12-4-2-1-3-5-12/h1-8,10-11,16H,9H2/t16-,18-/m1/s1. The normalized spacial score (nSPS) is 22.1. The first kappa shape index (κ1) is 16.9. The maximum absolute atomic E-state index is 12.2. The van der Waals surface area contributed by atoms with Gasteiger partial charge in [-0.15, -0.1) is 0 Å². The molecule has 26 heavy (non-hydrogen) atoms. The Hall–Kier alpha value is -2.57. The number of nitrogens with zero attached hydrogens (tertiary/aromatic N) is 3. The minimum absolute atomic E-state index is 0.215. The predicted molar refractivity (Wildman–Crippen MR) is 94.9 cm³/mol. The van der Waals surface area contributed by atoms with Gasteiger partial charge in [-0.25, -0.2) is 14.5 Å². The van der Waals surface area contributed by atoms with Crippen LogP contribution in [0.4, 0.5) is 4.79 Å². The van der Waals surface area contributed by atoms with Gasteiger partial charge in [0, 0.05) is 21.2 Å². The Labute approximate surface area is 159 Å². The van der Waals surface area contributed by atoms with Crippen LogP contribution >= 0.6 is 23.2 Å². The van der Waals surface area contributed by atoms with Crippen molar-refractivity contribution in [2.24, 2.45) is 0 Å². The molecule has 0 bridgehead atoms. The molecule has 6 nitrogen and oxygen atoms in total. The molecule has 0 unspecified atom stereocenters. The van der Waals surface area contributed by atoms with E-state index in [1.807, 2.05) is 30.3 Å². The van der Waals surface area contributed by atoms with Gasteiger partial charge in [-0.3, -0.25) is 0 Å². The highest BCUT2D eigenvalue weighted by Crippen LogP contribution is 2.49. The molecular formula is C18H13Cl2N3O3. The molecule has 0 radical (unpaired) electrons. The van der Waals surface area contributed by atoms with E-state index in [1.54, 1.807) is 29.2 Å². The summed E-state index contributed by atoms with van der Waals surface area (Å²) in [5.74, 6) is 0. The van der Waals surface area contributed by atoms with Crippen molar-refractivity contribution >= 4 is 29.4 Å². The van der Waals surface area contributed by atoms with Crippen molar-refractivity contribution in [2.75, 3.05) is 0 Å². The second-order valence-electron chi connectivity index (χ2n) is 5.86. The zero-order chi connectivity index (χ0) is 18.1. The third-order valence-electron chi connectivity index (χ3n) is 4.27. The number of carbonyl (C=O) groups is 1. The molecule has 2 heterocycles. The van der Waals surface area contributed by atoms with E-state index >= 15 is 0 Å². The molecule has 2 aromatic carbocycles. The zero-order valence-corrected chi connectivity index (χ0v) is 14.9. The fourth-order valence-corrected chi connectivity index (χ4v) is 3.65. The van der Waals surface area contributed by atoms with E-state index in [0.717, 1.165) is 5.56 Å².